The molecule has 1 aromatic rings. The highest BCUT2D eigenvalue weighted by atomic mass is 79.9. The Hall–Kier alpha value is 0.490. The molecule has 0 bridgehead atoms. The van der Waals surface area contributed by atoms with E-state index in [1.165, 1.54) is 27.3 Å². The second-order valence-electron chi connectivity index (χ2n) is 3.65. The van der Waals surface area contributed by atoms with Gasteiger partial charge in [-0.05, 0) is 41.1 Å². The van der Waals surface area contributed by atoms with Gasteiger partial charge in [-0.1, -0.05) is 0 Å². The highest BCUT2D eigenvalue weighted by Crippen LogP contribution is 2.30. The highest BCUT2D eigenvalue weighted by Gasteiger charge is 2.19. The van der Waals surface area contributed by atoms with Gasteiger partial charge in [-0.2, -0.15) is 11.8 Å². The number of thioether (sulfide) groups is 1. The second-order valence-corrected chi connectivity index (χ2v) is 6.66. The van der Waals surface area contributed by atoms with Gasteiger partial charge in [0, 0.05) is 26.5 Å². The summed E-state index contributed by atoms with van der Waals surface area (Å²) in [5, 5.41) is 5.84. The van der Waals surface area contributed by atoms with Gasteiger partial charge in [-0.3, -0.25) is 0 Å². The first-order chi connectivity index (χ1) is 6.75. The zero-order chi connectivity index (χ0) is 9.97. The Labute approximate surface area is 102 Å². The highest BCUT2D eigenvalue weighted by molar-refractivity contribution is 9.10. The van der Waals surface area contributed by atoms with E-state index >= 15 is 0 Å². The molecular weight excluding hydrogens is 278 g/mol. The third-order valence-corrected chi connectivity index (χ3v) is 5.30. The van der Waals surface area contributed by atoms with Gasteiger partial charge in [0.15, 0.2) is 0 Å². The molecule has 2 atom stereocenters. The molecule has 0 aliphatic carbocycles. The van der Waals surface area contributed by atoms with E-state index in [0.717, 1.165) is 0 Å². The van der Waals surface area contributed by atoms with Crippen LogP contribution in [0.5, 0.6) is 0 Å². The van der Waals surface area contributed by atoms with E-state index < -0.39 is 0 Å². The maximum atomic E-state index is 3.68. The lowest BCUT2D eigenvalue weighted by Gasteiger charge is -2.17. The number of thiophene rings is 1. The van der Waals surface area contributed by atoms with Gasteiger partial charge in [0.25, 0.3) is 0 Å². The summed E-state index contributed by atoms with van der Waals surface area (Å²) in [6, 6.07) is 3.44. The molecule has 0 aromatic carbocycles. The Bertz CT molecular complexity index is 300. The molecule has 1 aromatic heterocycles. The SMILES string of the molecule is CC1CCSCC(c2cc(Br)cs2)N1. The van der Waals surface area contributed by atoms with Crippen molar-refractivity contribution in [3.63, 3.8) is 0 Å². The molecule has 2 unspecified atom stereocenters. The van der Waals surface area contributed by atoms with Crippen LogP contribution in [-0.4, -0.2) is 17.5 Å². The molecule has 1 aliphatic heterocycles. The van der Waals surface area contributed by atoms with E-state index in [0.29, 0.717) is 12.1 Å². The summed E-state index contributed by atoms with van der Waals surface area (Å²) in [5.74, 6) is 2.49. The molecule has 0 amide bonds. The maximum Gasteiger partial charge on any atom is 0.0509 e. The third kappa shape index (κ3) is 2.75. The fraction of sp³-hybridized carbons (Fsp3) is 0.600. The van der Waals surface area contributed by atoms with Crippen molar-refractivity contribution in [2.24, 2.45) is 0 Å². The van der Waals surface area contributed by atoms with Gasteiger partial charge in [0.2, 0.25) is 0 Å². The number of hydrogen-bond donors (Lipinski definition) is 1. The van der Waals surface area contributed by atoms with Crippen molar-refractivity contribution < 1.29 is 0 Å². The lowest BCUT2D eigenvalue weighted by Crippen LogP contribution is -2.29. The number of nitrogens with one attached hydrogen (secondary N) is 1. The van der Waals surface area contributed by atoms with Crippen LogP contribution < -0.4 is 5.32 Å². The van der Waals surface area contributed by atoms with Crippen LogP contribution in [-0.2, 0) is 0 Å². The Balaban J connectivity index is 2.08. The van der Waals surface area contributed by atoms with Crippen LogP contribution in [0.4, 0.5) is 0 Å². The molecule has 14 heavy (non-hydrogen) atoms. The van der Waals surface area contributed by atoms with E-state index in [4.69, 9.17) is 0 Å². The second kappa shape index (κ2) is 5.01. The van der Waals surface area contributed by atoms with Gasteiger partial charge in [-0.25, -0.2) is 0 Å². The van der Waals surface area contributed by atoms with Crippen LogP contribution in [0.1, 0.15) is 24.3 Å². The Morgan fingerprint density at radius 1 is 1.57 bits per heavy atom. The van der Waals surface area contributed by atoms with Crippen molar-refractivity contribution in [1.82, 2.24) is 5.32 Å². The topological polar surface area (TPSA) is 12.0 Å². The van der Waals surface area contributed by atoms with E-state index in [1.54, 1.807) is 0 Å². The molecule has 4 heteroatoms. The van der Waals surface area contributed by atoms with Gasteiger partial charge >= 0.3 is 0 Å². The molecule has 78 valence electrons. The average Bonchev–Trinajstić information content (AvgIpc) is 2.45. The smallest absolute Gasteiger partial charge is 0.0509 e. The van der Waals surface area contributed by atoms with E-state index in [-0.39, 0.29) is 0 Å². The normalized spacial score (nSPS) is 28.7. The van der Waals surface area contributed by atoms with Crippen molar-refractivity contribution in [3.05, 3.63) is 20.8 Å². The quantitative estimate of drug-likeness (QED) is 0.847. The summed E-state index contributed by atoms with van der Waals surface area (Å²) < 4.78 is 1.21. The van der Waals surface area contributed by atoms with Gasteiger partial charge < -0.3 is 5.32 Å². The first kappa shape index (κ1) is 11.0. The summed E-state index contributed by atoms with van der Waals surface area (Å²) in [6.45, 7) is 2.28. The number of rotatable bonds is 1. The standard InChI is InChI=1S/C10H14BrNS2/c1-7-2-3-13-6-9(12-7)10-4-8(11)5-14-10/h4-5,7,9,12H,2-3,6H2,1H3. The minimum absolute atomic E-state index is 0.550. The van der Waals surface area contributed by atoms with Crippen LogP contribution in [0.3, 0.4) is 0 Å². The summed E-state index contributed by atoms with van der Waals surface area (Å²) in [4.78, 5) is 1.46. The number of halogens is 1. The summed E-state index contributed by atoms with van der Waals surface area (Å²) in [5.41, 5.74) is 0. The largest absolute Gasteiger partial charge is 0.306 e. The minimum atomic E-state index is 0.550. The summed E-state index contributed by atoms with van der Waals surface area (Å²) >= 11 is 7.41. The van der Waals surface area contributed by atoms with E-state index in [2.05, 4.69) is 51.4 Å². The number of hydrogen-bond acceptors (Lipinski definition) is 3. The molecular formula is C10H14BrNS2. The zero-order valence-corrected chi connectivity index (χ0v) is 11.3. The molecule has 1 saturated heterocycles. The first-order valence-electron chi connectivity index (χ1n) is 4.83. The van der Waals surface area contributed by atoms with Crippen molar-refractivity contribution in [2.45, 2.75) is 25.4 Å². The third-order valence-electron chi connectivity index (χ3n) is 2.40. The molecule has 0 saturated carbocycles. The molecule has 0 spiro atoms. The predicted octanol–water partition coefficient (Wildman–Crippen LogP) is 3.67. The molecule has 1 fully saturated rings. The fourth-order valence-corrected chi connectivity index (χ4v) is 4.42. The predicted molar refractivity (Wildman–Crippen MR) is 69.3 cm³/mol. The van der Waals surface area contributed by atoms with Gasteiger partial charge in [0.1, 0.15) is 0 Å². The van der Waals surface area contributed by atoms with Gasteiger partial charge in [-0.15, -0.1) is 11.3 Å². The first-order valence-corrected chi connectivity index (χ1v) is 7.66. The lowest BCUT2D eigenvalue weighted by molar-refractivity contribution is 0.489. The van der Waals surface area contributed by atoms with Gasteiger partial charge in [0.05, 0.1) is 6.04 Å². The molecule has 2 rings (SSSR count). The molecule has 2 heterocycles. The Morgan fingerprint density at radius 2 is 2.43 bits per heavy atom. The Kier molecular flexibility index (Phi) is 3.93. The van der Waals surface area contributed by atoms with Crippen molar-refractivity contribution in [2.75, 3.05) is 11.5 Å². The molecule has 0 radical (unpaired) electrons. The lowest BCUT2D eigenvalue weighted by atomic mass is 10.2. The molecule has 1 N–H and O–H groups in total. The van der Waals surface area contributed by atoms with Crippen LogP contribution >= 0.6 is 39.0 Å². The minimum Gasteiger partial charge on any atom is -0.306 e. The zero-order valence-electron chi connectivity index (χ0n) is 8.13. The monoisotopic (exact) mass is 291 g/mol. The van der Waals surface area contributed by atoms with Crippen molar-refractivity contribution >= 4 is 39.0 Å². The molecule has 1 aliphatic rings. The summed E-state index contributed by atoms with van der Waals surface area (Å²) in [6.07, 6.45) is 1.29. The Morgan fingerprint density at radius 3 is 3.14 bits per heavy atom. The van der Waals surface area contributed by atoms with Crippen LogP contribution in [0, 0.1) is 0 Å². The van der Waals surface area contributed by atoms with Crippen LogP contribution in [0.15, 0.2) is 15.9 Å². The van der Waals surface area contributed by atoms with Crippen molar-refractivity contribution in [1.29, 1.82) is 0 Å². The van der Waals surface area contributed by atoms with E-state index in [1.807, 2.05) is 11.3 Å². The van der Waals surface area contributed by atoms with Crippen LogP contribution in [0.2, 0.25) is 0 Å². The average molecular weight is 292 g/mol. The maximum absolute atomic E-state index is 3.68. The van der Waals surface area contributed by atoms with Crippen molar-refractivity contribution in [3.8, 4) is 0 Å². The summed E-state index contributed by atoms with van der Waals surface area (Å²) in [7, 11) is 0. The molecule has 1 nitrogen and oxygen atoms in total. The fourth-order valence-electron chi connectivity index (χ4n) is 1.61. The van der Waals surface area contributed by atoms with Crippen LogP contribution in [0.25, 0.3) is 0 Å². The van der Waals surface area contributed by atoms with E-state index in [9.17, 15) is 0 Å².